The second-order valence-electron chi connectivity index (χ2n) is 5.69. The van der Waals surface area contributed by atoms with Crippen LogP contribution in [0, 0.1) is 0 Å². The topological polar surface area (TPSA) is 82.1 Å². The highest BCUT2D eigenvalue weighted by molar-refractivity contribution is 5.94. The Morgan fingerprint density at radius 2 is 1.62 bits per heavy atom. The molecule has 7 nitrogen and oxygen atoms in total. The van der Waals surface area contributed by atoms with Gasteiger partial charge in [0.05, 0.1) is 19.6 Å². The summed E-state index contributed by atoms with van der Waals surface area (Å²) in [5.41, 5.74) is 0. The van der Waals surface area contributed by atoms with Gasteiger partial charge in [0.1, 0.15) is 12.5 Å². The summed E-state index contributed by atoms with van der Waals surface area (Å²) in [5, 5.41) is 0. The number of amides is 1. The highest BCUT2D eigenvalue weighted by Gasteiger charge is 2.49. The Kier molecular flexibility index (Phi) is 8.83. The van der Waals surface area contributed by atoms with Crippen LogP contribution in [0.2, 0.25) is 0 Å². The average Bonchev–Trinajstić information content (AvgIpc) is 2.54. The summed E-state index contributed by atoms with van der Waals surface area (Å²) in [6, 6.07) is -3.15. The van der Waals surface area contributed by atoms with Crippen molar-refractivity contribution in [3.05, 3.63) is 0 Å². The molecule has 1 aliphatic heterocycles. The minimum Gasteiger partial charge on any atom is -0.466 e. The zero-order valence-electron chi connectivity index (χ0n) is 14.8. The van der Waals surface area contributed by atoms with Gasteiger partial charge in [-0.05, 0) is 26.7 Å². The molecule has 1 aliphatic rings. The Balaban J connectivity index is 3.09. The molecular weight excluding hydrogens is 359 g/mol. The van der Waals surface area contributed by atoms with Crippen molar-refractivity contribution in [1.29, 1.82) is 0 Å². The molecule has 10 heteroatoms. The second kappa shape index (κ2) is 10.3. The molecule has 0 aromatic rings. The van der Waals surface area contributed by atoms with Crippen molar-refractivity contribution >= 4 is 17.8 Å². The molecule has 150 valence electrons. The van der Waals surface area contributed by atoms with E-state index in [0.29, 0.717) is 4.90 Å². The van der Waals surface area contributed by atoms with Crippen LogP contribution in [0.15, 0.2) is 0 Å². The zero-order chi connectivity index (χ0) is 19.7. The Hall–Kier alpha value is -1.84. The molecule has 1 atom stereocenters. The summed E-state index contributed by atoms with van der Waals surface area (Å²) in [7, 11) is 0. The number of hydrogen-bond acceptors (Lipinski definition) is 6. The average molecular weight is 383 g/mol. The number of esters is 2. The van der Waals surface area contributed by atoms with Crippen molar-refractivity contribution in [1.82, 2.24) is 4.90 Å². The van der Waals surface area contributed by atoms with Crippen LogP contribution in [0.1, 0.15) is 39.5 Å². The van der Waals surface area contributed by atoms with Crippen LogP contribution in [0.3, 0.4) is 0 Å². The minimum atomic E-state index is -4.85. The van der Waals surface area contributed by atoms with Crippen LogP contribution in [-0.4, -0.2) is 67.4 Å². The van der Waals surface area contributed by atoms with Gasteiger partial charge in [0.2, 0.25) is 5.91 Å². The lowest BCUT2D eigenvalue weighted by Crippen LogP contribution is -2.56. The molecule has 0 bridgehead atoms. The molecule has 26 heavy (non-hydrogen) atoms. The third-order valence-corrected chi connectivity index (χ3v) is 3.85. The van der Waals surface area contributed by atoms with E-state index in [-0.39, 0.29) is 39.3 Å². The number of carbonyl (C=O) groups excluding carboxylic acids is 3. The molecule has 0 saturated carbocycles. The molecule has 1 heterocycles. The van der Waals surface area contributed by atoms with Crippen molar-refractivity contribution in [2.75, 3.05) is 26.4 Å². The van der Waals surface area contributed by atoms with Gasteiger partial charge in [0.15, 0.2) is 0 Å². The summed E-state index contributed by atoms with van der Waals surface area (Å²) in [5.74, 6) is -3.00. The normalized spacial score (nSPS) is 16.7. The fourth-order valence-electron chi connectivity index (χ4n) is 2.77. The Bertz CT molecular complexity index is 491. The molecule has 1 rings (SSSR count). The fraction of sp³-hybridized carbons (Fsp3) is 0.812. The third-order valence-electron chi connectivity index (χ3n) is 3.85. The highest BCUT2D eigenvalue weighted by atomic mass is 19.4. The van der Waals surface area contributed by atoms with Gasteiger partial charge in [0.25, 0.3) is 0 Å². The Labute approximate surface area is 149 Å². The molecule has 0 spiro atoms. The van der Waals surface area contributed by atoms with E-state index >= 15 is 0 Å². The largest absolute Gasteiger partial charge is 0.466 e. The molecule has 0 aromatic carbocycles. The van der Waals surface area contributed by atoms with Gasteiger partial charge >= 0.3 is 18.1 Å². The van der Waals surface area contributed by atoms with Gasteiger partial charge in [-0.2, -0.15) is 13.2 Å². The van der Waals surface area contributed by atoms with Crippen LogP contribution in [0.5, 0.6) is 0 Å². The van der Waals surface area contributed by atoms with Gasteiger partial charge < -0.3 is 19.1 Å². The number of alkyl halides is 3. The van der Waals surface area contributed by atoms with E-state index in [2.05, 4.69) is 9.47 Å². The number of nitrogens with zero attached hydrogens (tertiary/aromatic N) is 1. The van der Waals surface area contributed by atoms with Gasteiger partial charge in [-0.3, -0.25) is 14.4 Å². The first-order chi connectivity index (χ1) is 12.2. The molecule has 1 fully saturated rings. The number of ether oxygens (including phenoxy) is 3. The van der Waals surface area contributed by atoms with E-state index < -0.39 is 48.9 Å². The van der Waals surface area contributed by atoms with E-state index in [0.717, 1.165) is 0 Å². The third kappa shape index (κ3) is 6.81. The first kappa shape index (κ1) is 22.2. The van der Waals surface area contributed by atoms with Crippen molar-refractivity contribution in [3.63, 3.8) is 0 Å². The lowest BCUT2D eigenvalue weighted by atomic mass is 10.0. The predicted molar refractivity (Wildman–Crippen MR) is 83.0 cm³/mol. The first-order valence-electron chi connectivity index (χ1n) is 8.47. The van der Waals surface area contributed by atoms with Crippen LogP contribution >= 0.6 is 0 Å². The predicted octanol–water partition coefficient (Wildman–Crippen LogP) is 1.83. The van der Waals surface area contributed by atoms with E-state index in [1.165, 1.54) is 13.8 Å². The molecule has 1 unspecified atom stereocenters. The van der Waals surface area contributed by atoms with Crippen LogP contribution in [-0.2, 0) is 28.6 Å². The fourth-order valence-corrected chi connectivity index (χ4v) is 2.77. The smallest absolute Gasteiger partial charge is 0.409 e. The lowest BCUT2D eigenvalue weighted by Gasteiger charge is -2.40. The maximum atomic E-state index is 13.6. The first-order valence-corrected chi connectivity index (χ1v) is 8.47. The maximum absolute atomic E-state index is 13.6. The van der Waals surface area contributed by atoms with E-state index in [9.17, 15) is 27.6 Å². The molecule has 1 saturated heterocycles. The standard InChI is InChI=1S/C16H24F3NO6/c1-3-25-14(22)9-12(16(17,18)19)20(11-5-7-24-8-6-11)13(21)10-15(23)26-4-2/h11-12H,3-10H2,1-2H3. The zero-order valence-corrected chi connectivity index (χ0v) is 14.8. The van der Waals surface area contributed by atoms with Gasteiger partial charge in [-0.1, -0.05) is 0 Å². The molecular formula is C16H24F3NO6. The van der Waals surface area contributed by atoms with Crippen molar-refractivity contribution in [2.45, 2.75) is 57.8 Å². The van der Waals surface area contributed by atoms with E-state index in [4.69, 9.17) is 4.74 Å². The van der Waals surface area contributed by atoms with Crippen LogP contribution < -0.4 is 0 Å². The summed E-state index contributed by atoms with van der Waals surface area (Å²) in [6.07, 6.45) is -6.33. The van der Waals surface area contributed by atoms with Gasteiger partial charge in [-0.15, -0.1) is 0 Å². The molecule has 0 radical (unpaired) electrons. The maximum Gasteiger partial charge on any atom is 0.409 e. The SMILES string of the molecule is CCOC(=O)CC(=O)N(C1CCOCC1)C(CC(=O)OCC)C(F)(F)F. The van der Waals surface area contributed by atoms with Crippen molar-refractivity contribution in [3.8, 4) is 0 Å². The summed E-state index contributed by atoms with van der Waals surface area (Å²) < 4.78 is 55.3. The number of carbonyl (C=O) groups is 3. The minimum absolute atomic E-state index is 0.00884. The monoisotopic (exact) mass is 383 g/mol. The van der Waals surface area contributed by atoms with Crippen LogP contribution in [0.25, 0.3) is 0 Å². The quantitative estimate of drug-likeness (QED) is 0.470. The molecule has 0 N–H and O–H groups in total. The summed E-state index contributed by atoms with van der Waals surface area (Å²) in [6.45, 7) is 3.32. The van der Waals surface area contributed by atoms with Gasteiger partial charge in [0, 0.05) is 19.3 Å². The highest BCUT2D eigenvalue weighted by Crippen LogP contribution is 2.32. The van der Waals surface area contributed by atoms with Crippen LogP contribution in [0.4, 0.5) is 13.2 Å². The van der Waals surface area contributed by atoms with E-state index in [1.54, 1.807) is 0 Å². The molecule has 0 aliphatic carbocycles. The van der Waals surface area contributed by atoms with E-state index in [1.807, 2.05) is 0 Å². The lowest BCUT2D eigenvalue weighted by molar-refractivity contribution is -0.203. The van der Waals surface area contributed by atoms with Gasteiger partial charge in [-0.25, -0.2) is 0 Å². The Morgan fingerprint density at radius 3 is 2.12 bits per heavy atom. The summed E-state index contributed by atoms with van der Waals surface area (Å²) >= 11 is 0. The number of halogens is 3. The number of rotatable bonds is 8. The van der Waals surface area contributed by atoms with Crippen molar-refractivity contribution < 1.29 is 41.8 Å². The Morgan fingerprint density at radius 1 is 1.08 bits per heavy atom. The molecule has 1 amide bonds. The summed E-state index contributed by atoms with van der Waals surface area (Å²) in [4.78, 5) is 36.3. The number of hydrogen-bond donors (Lipinski definition) is 0. The van der Waals surface area contributed by atoms with Crippen molar-refractivity contribution in [2.24, 2.45) is 0 Å². The second-order valence-corrected chi connectivity index (χ2v) is 5.69. The molecule has 0 aromatic heterocycles.